The normalized spacial score (nSPS) is 9.57. The molecular weight excluding hydrogens is 182 g/mol. The molecule has 0 aromatic carbocycles. The number of hydrogen-bond donors (Lipinski definition) is 1. The number of hydrogen-bond acceptors (Lipinski definition) is 6. The van der Waals surface area contributed by atoms with Gasteiger partial charge in [0, 0.05) is 0 Å². The molecule has 2 aromatic heterocycles. The van der Waals surface area contributed by atoms with Crippen molar-refractivity contribution in [2.24, 2.45) is 0 Å². The maximum absolute atomic E-state index is 8.66. The van der Waals surface area contributed by atoms with E-state index in [0.29, 0.717) is 0 Å². The number of nitriles is 2. The Morgan fingerprint density at radius 1 is 1.29 bits per heavy atom. The van der Waals surface area contributed by atoms with Crippen LogP contribution in [0.25, 0.3) is 5.65 Å². The van der Waals surface area contributed by atoms with Gasteiger partial charge < -0.3 is 5.73 Å². The number of nitrogen functional groups attached to an aromatic ring is 1. The third-order valence-corrected chi connectivity index (χ3v) is 1.69. The zero-order chi connectivity index (χ0) is 10.1. The summed E-state index contributed by atoms with van der Waals surface area (Å²) in [6.45, 7) is 0. The summed E-state index contributed by atoms with van der Waals surface area (Å²) in [5, 5.41) is 28.3. The molecule has 66 valence electrons. The summed E-state index contributed by atoms with van der Waals surface area (Å²) >= 11 is 0. The van der Waals surface area contributed by atoms with Gasteiger partial charge in [-0.2, -0.15) is 20.1 Å². The zero-order valence-corrected chi connectivity index (χ0v) is 6.84. The second-order valence-electron chi connectivity index (χ2n) is 2.45. The largest absolute Gasteiger partial charge is 0.381 e. The smallest absolute Gasteiger partial charge is 0.205 e. The Morgan fingerprint density at radius 3 is 2.71 bits per heavy atom. The van der Waals surface area contributed by atoms with Crippen LogP contribution in [0.1, 0.15) is 11.3 Å². The monoisotopic (exact) mass is 185 g/mol. The molecule has 2 aromatic rings. The van der Waals surface area contributed by atoms with Crippen LogP contribution in [0.2, 0.25) is 0 Å². The van der Waals surface area contributed by atoms with E-state index in [2.05, 4.69) is 15.3 Å². The first-order valence-corrected chi connectivity index (χ1v) is 3.58. The quantitative estimate of drug-likeness (QED) is 0.588. The lowest BCUT2D eigenvalue weighted by Crippen LogP contribution is -2.05. The Hall–Kier alpha value is -2.67. The fourth-order valence-electron chi connectivity index (χ4n) is 1.02. The molecule has 2 N–H and O–H groups in total. The van der Waals surface area contributed by atoms with Gasteiger partial charge >= 0.3 is 0 Å². The topological polar surface area (TPSA) is 117 Å². The molecule has 0 fully saturated rings. The van der Waals surface area contributed by atoms with Crippen molar-refractivity contribution in [1.82, 2.24) is 19.8 Å². The highest BCUT2D eigenvalue weighted by molar-refractivity contribution is 5.58. The van der Waals surface area contributed by atoms with Crippen molar-refractivity contribution in [2.45, 2.75) is 0 Å². The number of nitrogens with zero attached hydrogens (tertiary/aromatic N) is 6. The molecule has 0 spiro atoms. The number of aromatic nitrogens is 4. The highest BCUT2D eigenvalue weighted by Gasteiger charge is 2.11. The van der Waals surface area contributed by atoms with Gasteiger partial charge in [-0.25, -0.2) is 0 Å². The molecule has 0 aliphatic carbocycles. The van der Waals surface area contributed by atoms with E-state index in [1.54, 1.807) is 6.07 Å². The summed E-state index contributed by atoms with van der Waals surface area (Å²) < 4.78 is 1.21. The highest BCUT2D eigenvalue weighted by atomic mass is 15.3. The highest BCUT2D eigenvalue weighted by Crippen LogP contribution is 2.11. The average molecular weight is 185 g/mol. The summed E-state index contributed by atoms with van der Waals surface area (Å²) in [6.07, 6.45) is 1.32. The molecule has 2 rings (SSSR count). The van der Waals surface area contributed by atoms with Gasteiger partial charge in [0.15, 0.2) is 11.5 Å². The van der Waals surface area contributed by atoms with Gasteiger partial charge in [0.2, 0.25) is 5.69 Å². The van der Waals surface area contributed by atoms with Gasteiger partial charge in [-0.1, -0.05) is 0 Å². The van der Waals surface area contributed by atoms with Crippen molar-refractivity contribution >= 4 is 11.5 Å². The Bertz CT molecular complexity index is 582. The molecule has 0 saturated heterocycles. The first kappa shape index (κ1) is 7.95. The molecule has 7 nitrogen and oxygen atoms in total. The van der Waals surface area contributed by atoms with Crippen LogP contribution in [0.15, 0.2) is 6.20 Å². The van der Waals surface area contributed by atoms with Crippen molar-refractivity contribution in [3.8, 4) is 12.1 Å². The van der Waals surface area contributed by atoms with E-state index in [9.17, 15) is 0 Å². The molecule has 2 heterocycles. The minimum absolute atomic E-state index is 0.00918. The average Bonchev–Trinajstić information content (AvgIpc) is 2.62. The molecule has 0 saturated carbocycles. The lowest BCUT2D eigenvalue weighted by Gasteiger charge is -1.97. The minimum Gasteiger partial charge on any atom is -0.381 e. The van der Waals surface area contributed by atoms with Crippen LogP contribution in [-0.4, -0.2) is 19.8 Å². The molecule has 0 bridgehead atoms. The van der Waals surface area contributed by atoms with E-state index in [0.717, 1.165) is 0 Å². The Labute approximate surface area is 78.0 Å². The van der Waals surface area contributed by atoms with E-state index in [-0.39, 0.29) is 22.7 Å². The van der Waals surface area contributed by atoms with Crippen molar-refractivity contribution in [2.75, 3.05) is 5.73 Å². The number of rotatable bonds is 0. The number of anilines is 1. The summed E-state index contributed by atoms with van der Waals surface area (Å²) in [5.41, 5.74) is 6.08. The zero-order valence-electron chi connectivity index (χ0n) is 6.84. The first-order chi connectivity index (χ1) is 6.77. The molecule has 0 aliphatic rings. The lowest BCUT2D eigenvalue weighted by atomic mass is 10.4. The molecule has 0 atom stereocenters. The summed E-state index contributed by atoms with van der Waals surface area (Å²) in [6, 6.07) is 3.66. The first-order valence-electron chi connectivity index (χ1n) is 3.58. The molecule has 0 unspecified atom stereocenters. The lowest BCUT2D eigenvalue weighted by molar-refractivity contribution is 0.891. The van der Waals surface area contributed by atoms with Crippen molar-refractivity contribution in [3.05, 3.63) is 17.5 Å². The van der Waals surface area contributed by atoms with Crippen LogP contribution in [-0.2, 0) is 0 Å². The molecular formula is C7H3N7. The van der Waals surface area contributed by atoms with E-state index in [1.165, 1.54) is 10.7 Å². The molecule has 0 amide bonds. The fourth-order valence-corrected chi connectivity index (χ4v) is 1.02. The summed E-state index contributed by atoms with van der Waals surface area (Å²) in [4.78, 5) is 0. The van der Waals surface area contributed by atoms with Gasteiger partial charge in [-0.3, -0.25) is 0 Å². The van der Waals surface area contributed by atoms with E-state index in [1.807, 2.05) is 6.07 Å². The van der Waals surface area contributed by atoms with Crippen molar-refractivity contribution < 1.29 is 0 Å². The maximum Gasteiger partial charge on any atom is 0.205 e. The third kappa shape index (κ3) is 0.867. The van der Waals surface area contributed by atoms with Gasteiger partial charge in [-0.05, 0) is 0 Å². The van der Waals surface area contributed by atoms with Crippen LogP contribution in [0.5, 0.6) is 0 Å². The second kappa shape index (κ2) is 2.68. The number of nitrogens with two attached hydrogens (primary N) is 1. The fraction of sp³-hybridized carbons (Fsp3) is 0. The third-order valence-electron chi connectivity index (χ3n) is 1.69. The molecule has 7 heteroatoms. The Morgan fingerprint density at radius 2 is 2.07 bits per heavy atom. The van der Waals surface area contributed by atoms with E-state index < -0.39 is 0 Å². The van der Waals surface area contributed by atoms with Crippen LogP contribution in [0.4, 0.5) is 5.82 Å². The predicted molar refractivity (Wildman–Crippen MR) is 44.6 cm³/mol. The van der Waals surface area contributed by atoms with Crippen LogP contribution in [0, 0.1) is 22.7 Å². The summed E-state index contributed by atoms with van der Waals surface area (Å²) in [7, 11) is 0. The van der Waals surface area contributed by atoms with Gasteiger partial charge in [0.05, 0.1) is 6.20 Å². The van der Waals surface area contributed by atoms with E-state index >= 15 is 0 Å². The molecule has 0 aliphatic heterocycles. The Balaban J connectivity index is 2.89. The van der Waals surface area contributed by atoms with Gasteiger partial charge in [0.25, 0.3) is 0 Å². The standard InChI is InChI=1S/C7H3N7/c8-1-4-3-11-14-6(10)5(2-9)12-13-7(4)14/h3H,10H2. The maximum atomic E-state index is 8.66. The number of fused-ring (bicyclic) bond motifs is 1. The van der Waals surface area contributed by atoms with E-state index in [4.69, 9.17) is 16.3 Å². The van der Waals surface area contributed by atoms with Crippen molar-refractivity contribution in [3.63, 3.8) is 0 Å². The van der Waals surface area contributed by atoms with Gasteiger partial charge in [-0.15, -0.1) is 10.2 Å². The van der Waals surface area contributed by atoms with Crippen molar-refractivity contribution in [1.29, 1.82) is 10.5 Å². The predicted octanol–water partition coefficient (Wildman–Crippen LogP) is -0.550. The van der Waals surface area contributed by atoms with Crippen LogP contribution < -0.4 is 5.73 Å². The summed E-state index contributed by atoms with van der Waals surface area (Å²) in [5.74, 6) is 0.0824. The molecule has 14 heavy (non-hydrogen) atoms. The molecule has 0 radical (unpaired) electrons. The Kier molecular flexibility index (Phi) is 1.52. The van der Waals surface area contributed by atoms with Crippen LogP contribution >= 0.6 is 0 Å². The van der Waals surface area contributed by atoms with Gasteiger partial charge in [0.1, 0.15) is 17.7 Å². The second-order valence-corrected chi connectivity index (χ2v) is 2.45. The van der Waals surface area contributed by atoms with Crippen LogP contribution in [0.3, 0.4) is 0 Å². The SMILES string of the molecule is N#Cc1nnc2c(C#N)cnn2c1N. The minimum atomic E-state index is -0.00918.